The van der Waals surface area contributed by atoms with E-state index in [9.17, 15) is 5.11 Å². The lowest BCUT2D eigenvalue weighted by Crippen LogP contribution is -2.55. The molecule has 2 aromatic carbocycles. The number of benzene rings is 2. The van der Waals surface area contributed by atoms with Crippen molar-refractivity contribution in [3.8, 4) is 5.75 Å². The number of unbranched alkanes of at least 4 members (excludes halogenated alkanes) is 1. The summed E-state index contributed by atoms with van der Waals surface area (Å²) in [5.74, 6) is 0.901. The van der Waals surface area contributed by atoms with Crippen LogP contribution in [0, 0.1) is 0 Å². The van der Waals surface area contributed by atoms with Crippen molar-refractivity contribution in [3.05, 3.63) is 60.2 Å². The van der Waals surface area contributed by atoms with Crippen LogP contribution in [0.4, 0.5) is 5.69 Å². The van der Waals surface area contributed by atoms with Crippen LogP contribution in [-0.2, 0) is 11.3 Å². The molecule has 1 aliphatic rings. The molecule has 1 atom stereocenters. The smallest absolute Gasteiger partial charge is 0.119 e. The summed E-state index contributed by atoms with van der Waals surface area (Å²) in [4.78, 5) is 4.57. The Morgan fingerprint density at radius 1 is 1.06 bits per heavy atom. The number of hydrogen-bond donors (Lipinski definition) is 1. The average molecular weight is 427 g/mol. The van der Waals surface area contributed by atoms with Crippen molar-refractivity contribution in [2.45, 2.75) is 50.9 Å². The fraction of sp³-hybridized carbons (Fsp3) is 0.538. The molecular formula is C26H38N2O3. The summed E-state index contributed by atoms with van der Waals surface area (Å²) in [6.45, 7) is 6.24. The third kappa shape index (κ3) is 6.70. The quantitative estimate of drug-likeness (QED) is 0.542. The van der Waals surface area contributed by atoms with Gasteiger partial charge in [-0.1, -0.05) is 43.7 Å². The number of nitrogens with zero attached hydrogens (tertiary/aromatic N) is 2. The van der Waals surface area contributed by atoms with E-state index in [2.05, 4.69) is 53.1 Å². The molecule has 1 heterocycles. The fourth-order valence-electron chi connectivity index (χ4n) is 4.21. The topological polar surface area (TPSA) is 45.2 Å². The minimum Gasteiger partial charge on any atom is -0.494 e. The second kappa shape index (κ2) is 11.5. The Balaban J connectivity index is 1.52. The highest BCUT2D eigenvalue weighted by atomic mass is 16.5. The summed E-state index contributed by atoms with van der Waals surface area (Å²) in [6.07, 6.45) is 3.40. The van der Waals surface area contributed by atoms with E-state index >= 15 is 0 Å². The maximum Gasteiger partial charge on any atom is 0.119 e. The van der Waals surface area contributed by atoms with Crippen molar-refractivity contribution in [2.24, 2.45) is 0 Å². The Morgan fingerprint density at radius 3 is 2.35 bits per heavy atom. The third-order valence-corrected chi connectivity index (χ3v) is 6.34. The van der Waals surface area contributed by atoms with Gasteiger partial charge in [-0.05, 0) is 49.1 Å². The number of rotatable bonds is 11. The lowest BCUT2D eigenvalue weighted by atomic mass is 9.85. The van der Waals surface area contributed by atoms with Crippen LogP contribution < -0.4 is 9.64 Å². The van der Waals surface area contributed by atoms with E-state index in [0.29, 0.717) is 6.54 Å². The lowest BCUT2D eigenvalue weighted by Gasteiger charge is -2.43. The molecule has 31 heavy (non-hydrogen) atoms. The molecule has 1 aliphatic heterocycles. The maximum absolute atomic E-state index is 11.4. The monoisotopic (exact) mass is 426 g/mol. The van der Waals surface area contributed by atoms with Gasteiger partial charge in [-0.25, -0.2) is 0 Å². The molecule has 0 aromatic heterocycles. The Bertz CT molecular complexity index is 758. The summed E-state index contributed by atoms with van der Waals surface area (Å²) in [7, 11) is 3.75. The predicted octanol–water partition coefficient (Wildman–Crippen LogP) is 4.34. The van der Waals surface area contributed by atoms with E-state index in [-0.39, 0.29) is 6.10 Å². The number of likely N-dealkylation sites (tertiary alicyclic amines) is 1. The first-order chi connectivity index (χ1) is 15.0. The van der Waals surface area contributed by atoms with Crippen LogP contribution in [0.3, 0.4) is 0 Å². The number of aliphatic hydroxyl groups is 1. The van der Waals surface area contributed by atoms with Crippen LogP contribution in [-0.4, -0.2) is 62.1 Å². The van der Waals surface area contributed by atoms with Crippen LogP contribution in [0.25, 0.3) is 0 Å². The molecule has 0 saturated carbocycles. The van der Waals surface area contributed by atoms with Crippen LogP contribution in [0.5, 0.6) is 5.75 Å². The lowest BCUT2D eigenvalue weighted by molar-refractivity contribution is -0.119. The van der Waals surface area contributed by atoms with Crippen molar-refractivity contribution in [1.82, 2.24) is 4.90 Å². The van der Waals surface area contributed by atoms with Gasteiger partial charge in [-0.15, -0.1) is 0 Å². The Kier molecular flexibility index (Phi) is 8.76. The van der Waals surface area contributed by atoms with E-state index in [1.165, 1.54) is 5.56 Å². The number of anilines is 1. The highest BCUT2D eigenvalue weighted by Gasteiger charge is 2.40. The van der Waals surface area contributed by atoms with Gasteiger partial charge in [-0.2, -0.15) is 0 Å². The summed E-state index contributed by atoms with van der Waals surface area (Å²) in [5.41, 5.74) is 1.60. The molecule has 0 spiro atoms. The van der Waals surface area contributed by atoms with E-state index in [1.54, 1.807) is 7.11 Å². The zero-order valence-electron chi connectivity index (χ0n) is 19.3. The summed E-state index contributed by atoms with van der Waals surface area (Å²) in [5, 5.41) is 11.4. The third-order valence-electron chi connectivity index (χ3n) is 6.34. The second-order valence-electron chi connectivity index (χ2n) is 8.67. The first-order valence-corrected chi connectivity index (χ1v) is 11.5. The zero-order chi connectivity index (χ0) is 22.1. The second-order valence-corrected chi connectivity index (χ2v) is 8.67. The van der Waals surface area contributed by atoms with Gasteiger partial charge in [0, 0.05) is 46.0 Å². The average Bonchev–Trinajstić information content (AvgIpc) is 2.80. The van der Waals surface area contributed by atoms with Gasteiger partial charge in [0.1, 0.15) is 11.9 Å². The largest absolute Gasteiger partial charge is 0.494 e. The summed E-state index contributed by atoms with van der Waals surface area (Å²) >= 11 is 0. The minimum atomic E-state index is -0.806. The van der Waals surface area contributed by atoms with Crippen LogP contribution in [0.1, 0.15) is 38.2 Å². The molecule has 5 heteroatoms. The van der Waals surface area contributed by atoms with Crippen molar-refractivity contribution in [1.29, 1.82) is 0 Å². The van der Waals surface area contributed by atoms with Crippen LogP contribution >= 0.6 is 0 Å². The van der Waals surface area contributed by atoms with Gasteiger partial charge in [0.05, 0.1) is 12.2 Å². The van der Waals surface area contributed by atoms with Gasteiger partial charge >= 0.3 is 0 Å². The standard InChI is InChI=1S/C26H38N2O3/c1-4-5-19-31-24-13-11-23(12-14-24)27(2)21-25(30-3)26(29)15-17-28(18-16-26)20-22-9-7-6-8-10-22/h6-14,25,29H,4-5,15-21H2,1-3H3. The predicted molar refractivity (Wildman–Crippen MR) is 127 cm³/mol. The number of ether oxygens (including phenoxy) is 2. The SMILES string of the molecule is CCCCOc1ccc(N(C)CC(OC)C2(O)CCN(Cc3ccccc3)CC2)cc1. The van der Waals surface area contributed by atoms with E-state index in [4.69, 9.17) is 9.47 Å². The summed E-state index contributed by atoms with van der Waals surface area (Å²) in [6, 6.07) is 18.7. The highest BCUT2D eigenvalue weighted by Crippen LogP contribution is 2.30. The Hall–Kier alpha value is -2.08. The van der Waals surface area contributed by atoms with E-state index in [0.717, 1.165) is 63.4 Å². The fourth-order valence-corrected chi connectivity index (χ4v) is 4.21. The molecule has 2 aromatic rings. The molecule has 1 N–H and O–H groups in total. The first kappa shape index (κ1) is 23.6. The van der Waals surface area contributed by atoms with Crippen molar-refractivity contribution < 1.29 is 14.6 Å². The molecule has 0 aliphatic carbocycles. The van der Waals surface area contributed by atoms with Gasteiger partial charge in [-0.3, -0.25) is 4.90 Å². The number of likely N-dealkylation sites (N-methyl/N-ethyl adjacent to an activating group) is 1. The zero-order valence-corrected chi connectivity index (χ0v) is 19.3. The van der Waals surface area contributed by atoms with E-state index in [1.807, 2.05) is 25.2 Å². The number of methoxy groups -OCH3 is 1. The molecule has 0 radical (unpaired) electrons. The molecule has 1 fully saturated rings. The highest BCUT2D eigenvalue weighted by molar-refractivity contribution is 5.48. The van der Waals surface area contributed by atoms with Gasteiger partial charge in [0.2, 0.25) is 0 Å². The molecular weight excluding hydrogens is 388 g/mol. The van der Waals surface area contributed by atoms with E-state index < -0.39 is 5.60 Å². The minimum absolute atomic E-state index is 0.239. The molecule has 1 unspecified atom stereocenters. The number of hydrogen-bond acceptors (Lipinski definition) is 5. The summed E-state index contributed by atoms with van der Waals surface area (Å²) < 4.78 is 11.6. The Labute approximate surface area is 187 Å². The maximum atomic E-state index is 11.4. The van der Waals surface area contributed by atoms with Crippen LogP contribution in [0.15, 0.2) is 54.6 Å². The molecule has 0 bridgehead atoms. The van der Waals surface area contributed by atoms with Gasteiger partial charge in [0.25, 0.3) is 0 Å². The van der Waals surface area contributed by atoms with Gasteiger partial charge < -0.3 is 19.5 Å². The molecule has 0 amide bonds. The van der Waals surface area contributed by atoms with Crippen LogP contribution in [0.2, 0.25) is 0 Å². The van der Waals surface area contributed by atoms with Crippen molar-refractivity contribution in [3.63, 3.8) is 0 Å². The Morgan fingerprint density at radius 2 is 1.74 bits per heavy atom. The van der Waals surface area contributed by atoms with Crippen molar-refractivity contribution in [2.75, 3.05) is 45.3 Å². The van der Waals surface area contributed by atoms with Crippen molar-refractivity contribution >= 4 is 5.69 Å². The molecule has 5 nitrogen and oxygen atoms in total. The van der Waals surface area contributed by atoms with Gasteiger partial charge in [0.15, 0.2) is 0 Å². The molecule has 3 rings (SSSR count). The molecule has 170 valence electrons. The first-order valence-electron chi connectivity index (χ1n) is 11.5. The normalized spacial score (nSPS) is 17.3. The number of piperidine rings is 1. The molecule has 1 saturated heterocycles.